The predicted octanol–water partition coefficient (Wildman–Crippen LogP) is 1.43. The highest BCUT2D eigenvalue weighted by Crippen LogP contribution is 2.37. The van der Waals surface area contributed by atoms with Crippen molar-refractivity contribution in [1.82, 2.24) is 10.4 Å². The van der Waals surface area contributed by atoms with Gasteiger partial charge in [0.1, 0.15) is 11.5 Å². The minimum absolute atomic E-state index is 0. The molecule has 154 valence electrons. The van der Waals surface area contributed by atoms with Crippen molar-refractivity contribution >= 4 is 29.3 Å². The van der Waals surface area contributed by atoms with Gasteiger partial charge in [0, 0.05) is 12.1 Å². The van der Waals surface area contributed by atoms with Crippen molar-refractivity contribution in [3.8, 4) is 0 Å². The maximum Gasteiger partial charge on any atom is 0.257 e. The van der Waals surface area contributed by atoms with Crippen LogP contribution < -0.4 is 17.8 Å². The Hall–Kier alpha value is -1.95. The Labute approximate surface area is 182 Å². The fraction of sp³-hybridized carbons (Fsp3) is 0.364. The third-order valence-electron chi connectivity index (χ3n) is 5.41. The van der Waals surface area contributed by atoms with Gasteiger partial charge in [-0.2, -0.15) is 5.43 Å². The van der Waals surface area contributed by atoms with E-state index in [0.29, 0.717) is 22.8 Å². The Bertz CT molecular complexity index is 987. The molecule has 29 heavy (non-hydrogen) atoms. The number of aryl methyl sites for hydroxylation is 2. The predicted molar refractivity (Wildman–Crippen MR) is 112 cm³/mol. The van der Waals surface area contributed by atoms with E-state index in [-0.39, 0.29) is 24.4 Å². The van der Waals surface area contributed by atoms with Crippen LogP contribution in [0, 0.1) is 12.7 Å². The van der Waals surface area contributed by atoms with Crippen molar-refractivity contribution in [2.75, 3.05) is 13.1 Å². The summed E-state index contributed by atoms with van der Waals surface area (Å²) in [7, 11) is 0. The molecular formula is C22H25Cl2FN4. The molecule has 2 aromatic carbocycles. The average molecular weight is 435 g/mol. The Morgan fingerprint density at radius 2 is 2.07 bits per heavy atom. The summed E-state index contributed by atoms with van der Waals surface area (Å²) in [6.07, 6.45) is 3.85. The maximum atomic E-state index is 14.9. The molecule has 1 N–H and O–H groups in total. The first kappa shape index (κ1) is 21.8. The normalized spacial score (nSPS) is 18.0. The molecule has 0 saturated carbocycles. The number of fused-ring (bicyclic) bond motifs is 3. The second kappa shape index (κ2) is 8.82. The van der Waals surface area contributed by atoms with Crippen LogP contribution in [0.15, 0.2) is 35.3 Å². The molecule has 2 aromatic rings. The fourth-order valence-electron chi connectivity index (χ4n) is 3.97. The third kappa shape index (κ3) is 3.79. The summed E-state index contributed by atoms with van der Waals surface area (Å²) in [5, 5.41) is 2.79. The lowest BCUT2D eigenvalue weighted by Crippen LogP contribution is -3.00. The molecule has 1 atom stereocenters. The Kier molecular flexibility index (Phi) is 6.62. The Balaban J connectivity index is 0.00000240. The van der Waals surface area contributed by atoms with Crippen LogP contribution in [0.5, 0.6) is 0 Å². The average Bonchev–Trinajstić information content (AvgIpc) is 3.01. The van der Waals surface area contributed by atoms with E-state index in [4.69, 9.17) is 16.6 Å². The number of likely N-dealkylation sites (N-methyl/N-ethyl adjacent to an activating group) is 1. The quantitative estimate of drug-likeness (QED) is 0.737. The summed E-state index contributed by atoms with van der Waals surface area (Å²) in [6.45, 7) is 7.46. The molecule has 0 radical (unpaired) electrons. The molecule has 0 spiro atoms. The van der Waals surface area contributed by atoms with Gasteiger partial charge in [-0.1, -0.05) is 37.1 Å². The molecular weight excluding hydrogens is 410 g/mol. The summed E-state index contributed by atoms with van der Waals surface area (Å²) in [5.74, 6) is -0.266. The van der Waals surface area contributed by atoms with E-state index in [1.54, 1.807) is 6.07 Å². The minimum atomic E-state index is -0.266. The van der Waals surface area contributed by atoms with Gasteiger partial charge in [0.05, 0.1) is 22.8 Å². The molecule has 2 aliphatic rings. The van der Waals surface area contributed by atoms with Crippen molar-refractivity contribution in [2.45, 2.75) is 39.8 Å². The SMILES string of the molecule is CCCc1ccc2c(c1Cl)C(c1ccc(C)cc1F)=NCC1N(CC)NC=[N+]21.[Cl-]. The minimum Gasteiger partial charge on any atom is -1.00 e. The molecule has 4 nitrogen and oxygen atoms in total. The zero-order valence-corrected chi connectivity index (χ0v) is 18.4. The first-order valence-electron chi connectivity index (χ1n) is 9.82. The van der Waals surface area contributed by atoms with Crippen molar-refractivity contribution < 1.29 is 21.4 Å². The summed E-state index contributed by atoms with van der Waals surface area (Å²) in [5.41, 5.74) is 8.15. The molecule has 0 saturated heterocycles. The van der Waals surface area contributed by atoms with Crippen LogP contribution in [0.4, 0.5) is 10.1 Å². The maximum absolute atomic E-state index is 14.9. The van der Waals surface area contributed by atoms with E-state index in [1.165, 1.54) is 0 Å². The Morgan fingerprint density at radius 3 is 2.76 bits per heavy atom. The van der Waals surface area contributed by atoms with Gasteiger partial charge < -0.3 is 12.4 Å². The summed E-state index contributed by atoms with van der Waals surface area (Å²) < 4.78 is 17.1. The first-order valence-corrected chi connectivity index (χ1v) is 10.2. The number of hydrogen-bond donors (Lipinski definition) is 1. The van der Waals surface area contributed by atoms with Crippen LogP contribution in [0.1, 0.15) is 42.5 Å². The number of nitrogens with one attached hydrogen (secondary N) is 1. The zero-order valence-electron chi connectivity index (χ0n) is 16.8. The summed E-state index contributed by atoms with van der Waals surface area (Å²) >= 11 is 6.89. The second-order valence-electron chi connectivity index (χ2n) is 7.29. The van der Waals surface area contributed by atoms with Gasteiger partial charge in [0.2, 0.25) is 6.17 Å². The largest absolute Gasteiger partial charge is 1.00 e. The molecule has 1 unspecified atom stereocenters. The number of aliphatic imine (C=N–C) groups is 1. The number of halogens is 3. The van der Waals surface area contributed by atoms with E-state index in [2.05, 4.69) is 41.0 Å². The molecule has 0 amide bonds. The van der Waals surface area contributed by atoms with Gasteiger partial charge in [-0.05, 0) is 49.6 Å². The lowest BCUT2D eigenvalue weighted by Gasteiger charge is -2.18. The van der Waals surface area contributed by atoms with Crippen molar-refractivity contribution in [2.24, 2.45) is 4.99 Å². The standard InChI is InChI=1S/C22H24ClFN4.ClH/c1-4-6-15-8-10-18-20(21(15)23)22(16-9-7-14(3)11-17(16)24)25-12-19-27(18)13-26-28(19)5-2;/h7-11,13,19H,4-6,12H2,1-3H3;1H. The highest BCUT2D eigenvalue weighted by Gasteiger charge is 2.38. The van der Waals surface area contributed by atoms with E-state index >= 15 is 0 Å². The van der Waals surface area contributed by atoms with Crippen LogP contribution in [-0.4, -0.2) is 40.9 Å². The van der Waals surface area contributed by atoms with E-state index < -0.39 is 0 Å². The number of benzene rings is 2. The molecule has 0 aromatic heterocycles. The van der Waals surface area contributed by atoms with E-state index in [9.17, 15) is 4.39 Å². The number of nitrogens with zero attached hydrogens (tertiary/aromatic N) is 3. The van der Waals surface area contributed by atoms with Crippen LogP contribution in [0.25, 0.3) is 0 Å². The molecule has 0 fully saturated rings. The van der Waals surface area contributed by atoms with Crippen molar-refractivity contribution in [3.05, 3.63) is 63.4 Å². The molecule has 2 heterocycles. The van der Waals surface area contributed by atoms with Crippen molar-refractivity contribution in [3.63, 3.8) is 0 Å². The van der Waals surface area contributed by atoms with Gasteiger partial charge in [-0.25, -0.2) is 8.97 Å². The molecule has 4 rings (SSSR count). The van der Waals surface area contributed by atoms with Gasteiger partial charge >= 0.3 is 0 Å². The second-order valence-corrected chi connectivity index (χ2v) is 7.67. The summed E-state index contributed by atoms with van der Waals surface area (Å²) in [4.78, 5) is 4.88. The monoisotopic (exact) mass is 434 g/mol. The lowest BCUT2D eigenvalue weighted by atomic mass is 9.96. The van der Waals surface area contributed by atoms with Crippen LogP contribution in [0.2, 0.25) is 5.02 Å². The molecule has 7 heteroatoms. The third-order valence-corrected chi connectivity index (χ3v) is 5.84. The van der Waals surface area contributed by atoms with Crippen LogP contribution >= 0.6 is 11.6 Å². The van der Waals surface area contributed by atoms with Crippen LogP contribution in [0.3, 0.4) is 0 Å². The van der Waals surface area contributed by atoms with E-state index in [1.807, 2.05) is 25.4 Å². The number of hydrazine groups is 1. The highest BCUT2D eigenvalue weighted by atomic mass is 35.5. The van der Waals surface area contributed by atoms with Gasteiger partial charge in [0.15, 0.2) is 0 Å². The smallest absolute Gasteiger partial charge is 0.257 e. The Morgan fingerprint density at radius 1 is 1.28 bits per heavy atom. The topological polar surface area (TPSA) is 30.6 Å². The number of rotatable bonds is 4. The first-order chi connectivity index (χ1) is 13.5. The van der Waals surface area contributed by atoms with Gasteiger partial charge in [-0.3, -0.25) is 4.99 Å². The molecule has 2 aliphatic heterocycles. The summed E-state index contributed by atoms with van der Waals surface area (Å²) in [6, 6.07) is 9.45. The van der Waals surface area contributed by atoms with Gasteiger partial charge in [0.25, 0.3) is 6.34 Å². The lowest BCUT2D eigenvalue weighted by molar-refractivity contribution is -0.492. The van der Waals surface area contributed by atoms with Crippen LogP contribution in [-0.2, 0) is 6.42 Å². The highest BCUT2D eigenvalue weighted by molar-refractivity contribution is 6.37. The number of hydrogen-bond acceptors (Lipinski definition) is 3. The van der Waals surface area contributed by atoms with Gasteiger partial charge in [-0.15, -0.1) is 5.01 Å². The van der Waals surface area contributed by atoms with E-state index in [0.717, 1.165) is 41.8 Å². The zero-order chi connectivity index (χ0) is 19.8. The molecule has 0 bridgehead atoms. The fourth-order valence-corrected chi connectivity index (χ4v) is 4.32. The van der Waals surface area contributed by atoms with Crippen molar-refractivity contribution in [1.29, 1.82) is 0 Å². The molecule has 0 aliphatic carbocycles.